The monoisotopic (exact) mass is 290 g/mol. The maximum absolute atomic E-state index is 4.76. The Bertz CT molecular complexity index is 561. The number of pyridine rings is 1. The van der Waals surface area contributed by atoms with Crippen molar-refractivity contribution in [1.82, 2.24) is 4.98 Å². The molecule has 1 fully saturated rings. The second-order valence-electron chi connectivity index (χ2n) is 4.56. The lowest BCUT2D eigenvalue weighted by molar-refractivity contribution is 1.04. The van der Waals surface area contributed by atoms with Gasteiger partial charge < -0.3 is 5.32 Å². The van der Waals surface area contributed by atoms with Crippen LogP contribution in [0.1, 0.15) is 31.4 Å². The van der Waals surface area contributed by atoms with E-state index in [1.54, 1.807) is 0 Å². The van der Waals surface area contributed by atoms with Gasteiger partial charge in [0.25, 0.3) is 0 Å². The van der Waals surface area contributed by atoms with Crippen molar-refractivity contribution in [2.45, 2.75) is 25.7 Å². The molecule has 1 N–H and O–H groups in total. The predicted octanol–water partition coefficient (Wildman–Crippen LogP) is 4.31. The molecule has 0 radical (unpaired) electrons. The van der Waals surface area contributed by atoms with Crippen molar-refractivity contribution in [2.75, 3.05) is 11.9 Å². The van der Waals surface area contributed by atoms with Gasteiger partial charge in [0.05, 0.1) is 5.52 Å². The molecule has 0 unspecified atom stereocenters. The van der Waals surface area contributed by atoms with Gasteiger partial charge >= 0.3 is 0 Å². The molecule has 1 aromatic carbocycles. The Kier molecular flexibility index (Phi) is 2.79. The number of benzene rings is 1. The summed E-state index contributed by atoms with van der Waals surface area (Å²) in [6.07, 6.45) is 2.58. The first-order valence-electron chi connectivity index (χ1n) is 6.12. The van der Waals surface area contributed by atoms with Crippen molar-refractivity contribution in [2.24, 2.45) is 0 Å². The first-order valence-corrected chi connectivity index (χ1v) is 6.91. The summed E-state index contributed by atoms with van der Waals surface area (Å²) in [6, 6.07) is 8.50. The predicted molar refractivity (Wildman–Crippen MR) is 75.6 cm³/mol. The molecule has 1 aliphatic rings. The van der Waals surface area contributed by atoms with Crippen molar-refractivity contribution >= 4 is 32.5 Å². The quantitative estimate of drug-likeness (QED) is 0.911. The van der Waals surface area contributed by atoms with Crippen LogP contribution in [-0.4, -0.2) is 11.5 Å². The second-order valence-corrected chi connectivity index (χ2v) is 5.48. The minimum absolute atomic E-state index is 0.695. The minimum Gasteiger partial charge on any atom is -0.385 e. The Labute approximate surface area is 110 Å². The lowest BCUT2D eigenvalue weighted by Gasteiger charge is -2.10. The second kappa shape index (κ2) is 4.30. The van der Waals surface area contributed by atoms with Crippen LogP contribution in [0.25, 0.3) is 10.9 Å². The standard InChI is InChI=1S/C14H15BrN2/c1-2-16-14-8-13(9-3-4-9)17-12-6-5-10(15)7-11(12)14/h5-9H,2-4H2,1H3,(H,16,17). The number of nitrogens with one attached hydrogen (secondary N) is 1. The van der Waals surface area contributed by atoms with Crippen molar-refractivity contribution in [3.63, 3.8) is 0 Å². The van der Waals surface area contributed by atoms with E-state index in [0.717, 1.165) is 16.5 Å². The summed E-state index contributed by atoms with van der Waals surface area (Å²) in [5.41, 5.74) is 3.55. The van der Waals surface area contributed by atoms with Gasteiger partial charge in [-0.25, -0.2) is 0 Å². The summed E-state index contributed by atoms with van der Waals surface area (Å²) in [5, 5.41) is 4.64. The lowest BCUT2D eigenvalue weighted by Crippen LogP contribution is -2.00. The molecule has 0 atom stereocenters. The molecule has 2 nitrogen and oxygen atoms in total. The van der Waals surface area contributed by atoms with Crippen LogP contribution in [0.3, 0.4) is 0 Å². The molecule has 1 saturated carbocycles. The van der Waals surface area contributed by atoms with E-state index in [0.29, 0.717) is 5.92 Å². The van der Waals surface area contributed by atoms with Gasteiger partial charge in [0.15, 0.2) is 0 Å². The van der Waals surface area contributed by atoms with Crippen LogP contribution in [0.2, 0.25) is 0 Å². The van der Waals surface area contributed by atoms with Crippen LogP contribution >= 0.6 is 15.9 Å². The zero-order chi connectivity index (χ0) is 11.8. The van der Waals surface area contributed by atoms with Crippen LogP contribution in [0.4, 0.5) is 5.69 Å². The molecule has 17 heavy (non-hydrogen) atoms. The Hall–Kier alpha value is -1.09. The first-order chi connectivity index (χ1) is 8.28. The molecule has 3 heteroatoms. The molecule has 1 aliphatic carbocycles. The zero-order valence-electron chi connectivity index (χ0n) is 9.83. The highest BCUT2D eigenvalue weighted by atomic mass is 79.9. The van der Waals surface area contributed by atoms with Gasteiger partial charge in [0.1, 0.15) is 0 Å². The summed E-state index contributed by atoms with van der Waals surface area (Å²) in [4.78, 5) is 4.76. The van der Waals surface area contributed by atoms with Gasteiger partial charge in [-0.05, 0) is 44.0 Å². The molecule has 1 aromatic heterocycles. The molecule has 0 aliphatic heterocycles. The highest BCUT2D eigenvalue weighted by molar-refractivity contribution is 9.10. The number of hydrogen-bond acceptors (Lipinski definition) is 2. The van der Waals surface area contributed by atoms with Gasteiger partial charge in [-0.1, -0.05) is 15.9 Å². The molecule has 0 amide bonds. The van der Waals surface area contributed by atoms with Crippen molar-refractivity contribution in [1.29, 1.82) is 0 Å². The van der Waals surface area contributed by atoms with Gasteiger partial charge in [-0.2, -0.15) is 0 Å². The fourth-order valence-electron chi connectivity index (χ4n) is 2.14. The fourth-order valence-corrected chi connectivity index (χ4v) is 2.50. The highest BCUT2D eigenvalue weighted by Gasteiger charge is 2.25. The molecule has 0 spiro atoms. The topological polar surface area (TPSA) is 24.9 Å². The molecular weight excluding hydrogens is 276 g/mol. The SMILES string of the molecule is CCNc1cc(C2CC2)nc2ccc(Br)cc12. The van der Waals surface area contributed by atoms with Gasteiger partial charge in [0.2, 0.25) is 0 Å². The Morgan fingerprint density at radius 3 is 2.88 bits per heavy atom. The van der Waals surface area contributed by atoms with Crippen molar-refractivity contribution in [3.05, 3.63) is 34.4 Å². The van der Waals surface area contributed by atoms with Crippen LogP contribution in [0, 0.1) is 0 Å². The number of halogens is 1. The van der Waals surface area contributed by atoms with E-state index in [1.807, 2.05) is 0 Å². The maximum Gasteiger partial charge on any atom is 0.0726 e. The summed E-state index contributed by atoms with van der Waals surface area (Å²) in [5.74, 6) is 0.695. The summed E-state index contributed by atoms with van der Waals surface area (Å²) < 4.78 is 1.10. The van der Waals surface area contributed by atoms with Crippen molar-refractivity contribution in [3.8, 4) is 0 Å². The minimum atomic E-state index is 0.695. The highest BCUT2D eigenvalue weighted by Crippen LogP contribution is 2.41. The molecule has 2 aromatic rings. The molecule has 1 heterocycles. The molecule has 0 bridgehead atoms. The Balaban J connectivity index is 2.19. The maximum atomic E-state index is 4.76. The average Bonchev–Trinajstić information content (AvgIpc) is 3.14. The number of fused-ring (bicyclic) bond motifs is 1. The largest absolute Gasteiger partial charge is 0.385 e. The Morgan fingerprint density at radius 2 is 2.18 bits per heavy atom. The third-order valence-electron chi connectivity index (χ3n) is 3.15. The molecular formula is C14H15BrN2. The number of nitrogens with zero attached hydrogens (tertiary/aromatic N) is 1. The van der Waals surface area contributed by atoms with E-state index in [1.165, 1.54) is 29.6 Å². The average molecular weight is 291 g/mol. The summed E-state index contributed by atoms with van der Waals surface area (Å²) >= 11 is 3.52. The van der Waals surface area contributed by atoms with E-state index in [-0.39, 0.29) is 0 Å². The van der Waals surface area contributed by atoms with Crippen LogP contribution in [-0.2, 0) is 0 Å². The van der Waals surface area contributed by atoms with Crippen LogP contribution in [0.15, 0.2) is 28.7 Å². The van der Waals surface area contributed by atoms with E-state index >= 15 is 0 Å². The van der Waals surface area contributed by atoms with Crippen LogP contribution < -0.4 is 5.32 Å². The van der Waals surface area contributed by atoms with E-state index in [4.69, 9.17) is 4.98 Å². The molecule has 0 saturated heterocycles. The Morgan fingerprint density at radius 1 is 1.35 bits per heavy atom. The third-order valence-corrected chi connectivity index (χ3v) is 3.65. The van der Waals surface area contributed by atoms with Crippen molar-refractivity contribution < 1.29 is 0 Å². The number of aromatic nitrogens is 1. The van der Waals surface area contributed by atoms with Crippen LogP contribution in [0.5, 0.6) is 0 Å². The smallest absolute Gasteiger partial charge is 0.0726 e. The third kappa shape index (κ3) is 2.16. The van der Waals surface area contributed by atoms with Gasteiger partial charge in [0, 0.05) is 33.7 Å². The van der Waals surface area contributed by atoms with E-state index in [2.05, 4.69) is 52.4 Å². The van der Waals surface area contributed by atoms with E-state index < -0.39 is 0 Å². The summed E-state index contributed by atoms with van der Waals surface area (Å²) in [7, 11) is 0. The summed E-state index contributed by atoms with van der Waals surface area (Å²) in [6.45, 7) is 3.07. The first kappa shape index (κ1) is 11.0. The number of anilines is 1. The zero-order valence-corrected chi connectivity index (χ0v) is 11.4. The molecule has 3 rings (SSSR count). The lowest BCUT2D eigenvalue weighted by atomic mass is 10.1. The van der Waals surface area contributed by atoms with Gasteiger partial charge in [-0.15, -0.1) is 0 Å². The molecule has 88 valence electrons. The fraction of sp³-hybridized carbons (Fsp3) is 0.357. The van der Waals surface area contributed by atoms with Gasteiger partial charge in [-0.3, -0.25) is 4.98 Å². The van der Waals surface area contributed by atoms with E-state index in [9.17, 15) is 0 Å². The number of hydrogen-bond donors (Lipinski definition) is 1. The normalized spacial score (nSPS) is 15.2. The number of rotatable bonds is 3.